The predicted octanol–water partition coefficient (Wildman–Crippen LogP) is 17.8. The fourth-order valence-corrected chi connectivity index (χ4v) is 15.8. The molecule has 0 aromatic carbocycles. The van der Waals surface area contributed by atoms with Gasteiger partial charge in [-0.05, 0) is 132 Å². The Morgan fingerprint density at radius 2 is 0.462 bits per heavy atom. The van der Waals surface area contributed by atoms with Crippen LogP contribution in [0.25, 0.3) is 90.2 Å². The number of hydrogen-bond acceptors (Lipinski definition) is 10. The monoisotopic (exact) mass is 848 g/mol. The maximum Gasteiger partial charge on any atom is 0.0449 e. The maximum atomic E-state index is 2.28. The van der Waals surface area contributed by atoms with E-state index in [4.69, 9.17) is 0 Å². The van der Waals surface area contributed by atoms with Crippen molar-refractivity contribution >= 4 is 126 Å². The molecule has 0 aliphatic rings. The minimum atomic E-state index is 1.28. The van der Waals surface area contributed by atoms with Crippen LogP contribution in [0.4, 0.5) is 0 Å². The van der Waals surface area contributed by atoms with Crippen LogP contribution in [0.5, 0.6) is 0 Å². The Bertz CT molecular complexity index is 2560. The molecule has 52 heavy (non-hydrogen) atoms. The van der Waals surface area contributed by atoms with Gasteiger partial charge in [-0.2, -0.15) is 0 Å². The van der Waals surface area contributed by atoms with Crippen LogP contribution in [0.2, 0.25) is 0 Å². The Morgan fingerprint density at radius 1 is 0.231 bits per heavy atom. The Balaban J connectivity index is 0.792. The highest BCUT2D eigenvalue weighted by atomic mass is 32.1. The van der Waals surface area contributed by atoms with Crippen LogP contribution in [-0.2, 0) is 0 Å². The third-order valence-corrected chi connectivity index (χ3v) is 20.2. The Morgan fingerprint density at radius 3 is 0.712 bits per heavy atom. The summed E-state index contributed by atoms with van der Waals surface area (Å²) < 4.78 is 0. The summed E-state index contributed by atoms with van der Waals surface area (Å²) in [6.07, 6.45) is 4.52. The van der Waals surface area contributed by atoms with E-state index in [0.29, 0.717) is 0 Å². The summed E-state index contributed by atoms with van der Waals surface area (Å²) in [5.41, 5.74) is 0. The van der Waals surface area contributed by atoms with E-state index in [2.05, 4.69) is 144 Å². The molecule has 0 radical (unpaired) electrons. The van der Waals surface area contributed by atoms with Gasteiger partial charge in [0.2, 0.25) is 0 Å². The van der Waals surface area contributed by atoms with Crippen molar-refractivity contribution in [1.29, 1.82) is 0 Å². The molecule has 10 aromatic rings. The van der Waals surface area contributed by atoms with Crippen LogP contribution in [0.15, 0.2) is 132 Å². The SMILES string of the molecule is C(=C\c1ccc(-c2ccc(-c3ccc(-c4ccc(-c5cccs5)s4)s3)s2)s1)/c1ccc(-c2ccc(-c3ccc(-c4ccc(-c5cccs5)s4)s3)s2)s1. The van der Waals surface area contributed by atoms with Crippen molar-refractivity contribution < 1.29 is 0 Å². The quantitative estimate of drug-likeness (QED) is 0.129. The summed E-state index contributed by atoms with van der Waals surface area (Å²) in [4.78, 5) is 23.9. The average Bonchev–Trinajstić information content (AvgIpc) is 4.01. The van der Waals surface area contributed by atoms with Crippen LogP contribution in [0, 0.1) is 0 Å². The van der Waals surface area contributed by atoms with E-state index in [-0.39, 0.29) is 0 Å². The standard InChI is InChI=1S/C42H24S10/c1-3-27(43-23-1)29-11-13-35(47-29)37-19-21-41(51-37)39-17-15-33(49-39)31-9-7-25(45-31)5-6-26-8-10-32(46-26)34-16-18-40(50-34)42-22-20-38(52-42)36-14-12-30(48-36)28-4-2-24-44-28/h1-24H/b6-5+. The Labute approximate surface area is 341 Å². The summed E-state index contributed by atoms with van der Waals surface area (Å²) >= 11 is 18.6. The molecule has 0 bridgehead atoms. The maximum absolute atomic E-state index is 2.28. The highest BCUT2D eigenvalue weighted by Gasteiger charge is 2.14. The van der Waals surface area contributed by atoms with Gasteiger partial charge in [0, 0.05) is 87.8 Å². The molecule has 10 rings (SSSR count). The first kappa shape index (κ1) is 33.3. The molecule has 10 heteroatoms. The molecular weight excluding hydrogens is 825 g/mol. The lowest BCUT2D eigenvalue weighted by Gasteiger charge is -1.92. The van der Waals surface area contributed by atoms with E-state index in [1.165, 1.54) is 87.8 Å². The molecule has 10 heterocycles. The van der Waals surface area contributed by atoms with E-state index in [0.717, 1.165) is 0 Å². The number of hydrogen-bond donors (Lipinski definition) is 0. The molecule has 0 aliphatic heterocycles. The van der Waals surface area contributed by atoms with Gasteiger partial charge in [0.1, 0.15) is 0 Å². The molecule has 0 saturated carbocycles. The van der Waals surface area contributed by atoms with Crippen LogP contribution < -0.4 is 0 Å². The number of thiophene rings is 10. The van der Waals surface area contributed by atoms with Crippen molar-refractivity contribution in [3.05, 3.63) is 142 Å². The minimum absolute atomic E-state index is 1.28. The normalized spacial score (nSPS) is 11.8. The van der Waals surface area contributed by atoms with E-state index in [1.54, 1.807) is 22.7 Å². The van der Waals surface area contributed by atoms with Crippen molar-refractivity contribution in [2.75, 3.05) is 0 Å². The molecule has 0 spiro atoms. The van der Waals surface area contributed by atoms with E-state index in [9.17, 15) is 0 Å². The first-order valence-corrected chi connectivity index (χ1v) is 24.5. The molecule has 0 fully saturated rings. The molecule has 0 unspecified atom stereocenters. The first-order valence-electron chi connectivity index (χ1n) is 16.3. The Kier molecular flexibility index (Phi) is 9.31. The largest absolute Gasteiger partial charge is 0.143 e. The van der Waals surface area contributed by atoms with Gasteiger partial charge >= 0.3 is 0 Å². The van der Waals surface area contributed by atoms with Crippen molar-refractivity contribution in [2.45, 2.75) is 0 Å². The van der Waals surface area contributed by atoms with Crippen molar-refractivity contribution in [1.82, 2.24) is 0 Å². The summed E-state index contributed by atoms with van der Waals surface area (Å²) in [5, 5.41) is 4.29. The van der Waals surface area contributed by atoms with Gasteiger partial charge in [-0.3, -0.25) is 0 Å². The average molecular weight is 849 g/mol. The van der Waals surface area contributed by atoms with Crippen molar-refractivity contribution in [3.63, 3.8) is 0 Å². The van der Waals surface area contributed by atoms with Gasteiger partial charge in [-0.15, -0.1) is 113 Å². The fourth-order valence-electron chi connectivity index (χ4n) is 5.77. The van der Waals surface area contributed by atoms with Crippen LogP contribution in [0.3, 0.4) is 0 Å². The van der Waals surface area contributed by atoms with Gasteiger partial charge in [0.05, 0.1) is 0 Å². The summed E-state index contributed by atoms with van der Waals surface area (Å²) in [6, 6.07) is 44.9. The molecule has 0 atom stereocenters. The Hall–Kier alpha value is -3.26. The van der Waals surface area contributed by atoms with Gasteiger partial charge in [-0.1, -0.05) is 12.1 Å². The highest BCUT2D eigenvalue weighted by Crippen LogP contribution is 2.46. The molecular formula is C42H24S10. The van der Waals surface area contributed by atoms with Gasteiger partial charge in [0.15, 0.2) is 0 Å². The van der Waals surface area contributed by atoms with E-state index < -0.39 is 0 Å². The molecule has 0 amide bonds. The van der Waals surface area contributed by atoms with Gasteiger partial charge in [-0.25, -0.2) is 0 Å². The molecule has 0 aliphatic carbocycles. The third-order valence-electron chi connectivity index (χ3n) is 8.29. The number of rotatable bonds is 10. The zero-order valence-corrected chi connectivity index (χ0v) is 35.1. The van der Waals surface area contributed by atoms with E-state index >= 15 is 0 Å². The van der Waals surface area contributed by atoms with Crippen molar-refractivity contribution in [3.8, 4) is 78.0 Å². The lowest BCUT2D eigenvalue weighted by Crippen LogP contribution is -1.59. The van der Waals surface area contributed by atoms with Crippen molar-refractivity contribution in [2.24, 2.45) is 0 Å². The zero-order valence-electron chi connectivity index (χ0n) is 26.9. The fraction of sp³-hybridized carbons (Fsp3) is 0. The second-order valence-electron chi connectivity index (χ2n) is 11.7. The van der Waals surface area contributed by atoms with E-state index in [1.807, 2.05) is 90.7 Å². The highest BCUT2D eigenvalue weighted by molar-refractivity contribution is 7.31. The van der Waals surface area contributed by atoms with Crippen LogP contribution in [-0.4, -0.2) is 0 Å². The van der Waals surface area contributed by atoms with Gasteiger partial charge in [0.25, 0.3) is 0 Å². The second-order valence-corrected chi connectivity index (χ2v) is 22.3. The van der Waals surface area contributed by atoms with Crippen LogP contribution >= 0.6 is 113 Å². The molecule has 0 nitrogen and oxygen atoms in total. The lowest BCUT2D eigenvalue weighted by molar-refractivity contribution is 1.89. The summed E-state index contributed by atoms with van der Waals surface area (Å²) in [5.74, 6) is 0. The van der Waals surface area contributed by atoms with Gasteiger partial charge < -0.3 is 0 Å². The van der Waals surface area contributed by atoms with Crippen LogP contribution in [0.1, 0.15) is 9.75 Å². The second kappa shape index (κ2) is 14.5. The topological polar surface area (TPSA) is 0 Å². The predicted molar refractivity (Wildman–Crippen MR) is 244 cm³/mol. The molecule has 252 valence electrons. The minimum Gasteiger partial charge on any atom is -0.143 e. The first-order chi connectivity index (χ1) is 25.7. The summed E-state index contributed by atoms with van der Waals surface area (Å²) in [6.45, 7) is 0. The lowest BCUT2D eigenvalue weighted by atomic mass is 10.3. The molecule has 0 saturated heterocycles. The smallest absolute Gasteiger partial charge is 0.0449 e. The molecule has 0 N–H and O–H groups in total. The zero-order chi connectivity index (χ0) is 34.4. The third kappa shape index (κ3) is 6.82. The summed E-state index contributed by atoms with van der Waals surface area (Å²) in [7, 11) is 0. The molecule has 10 aromatic heterocycles.